The van der Waals surface area contributed by atoms with Gasteiger partial charge in [0.25, 0.3) is 11.3 Å². The molecule has 0 amide bonds. The minimum Gasteiger partial charge on any atom is -0.385 e. The van der Waals surface area contributed by atoms with E-state index in [9.17, 15) is 17.4 Å². The summed E-state index contributed by atoms with van der Waals surface area (Å²) in [5, 5.41) is 3.18. The third-order valence-corrected chi connectivity index (χ3v) is 3.75. The fourth-order valence-corrected chi connectivity index (χ4v) is 2.48. The second-order valence-corrected chi connectivity index (χ2v) is 5.86. The molecule has 0 saturated heterocycles. The zero-order valence-corrected chi connectivity index (χ0v) is 13.5. The Morgan fingerprint density at radius 1 is 0.958 bits per heavy atom. The van der Waals surface area contributed by atoms with Crippen LogP contribution in [0.4, 0.5) is 24.5 Å². The van der Waals surface area contributed by atoms with Crippen LogP contribution in [0.15, 0.2) is 48.5 Å². The number of rotatable bonds is 7. The number of aryl methyl sites for hydroxylation is 1. The molecule has 2 aromatic rings. The molecule has 0 radical (unpaired) electrons. The average molecular weight is 358 g/mol. The number of benzene rings is 2. The summed E-state index contributed by atoms with van der Waals surface area (Å²) in [4.78, 5) is 0. The van der Waals surface area contributed by atoms with Gasteiger partial charge in [0.15, 0.2) is 0 Å². The van der Waals surface area contributed by atoms with Gasteiger partial charge >= 0.3 is 6.18 Å². The minimum absolute atomic E-state index is 0.533. The van der Waals surface area contributed by atoms with Gasteiger partial charge < -0.3 is 5.32 Å². The highest BCUT2D eigenvalue weighted by atomic mass is 32.2. The Morgan fingerprint density at radius 3 is 2.08 bits per heavy atom. The van der Waals surface area contributed by atoms with Gasteiger partial charge in [0.2, 0.25) is 0 Å². The van der Waals surface area contributed by atoms with E-state index >= 15 is 0 Å². The molecular weight excluding hydrogens is 341 g/mol. The summed E-state index contributed by atoms with van der Waals surface area (Å²) in [6.45, 7) is 0.666. The van der Waals surface area contributed by atoms with E-state index in [0.717, 1.165) is 29.8 Å². The van der Waals surface area contributed by atoms with E-state index in [2.05, 4.69) is 10.0 Å². The Balaban J connectivity index is 1.75. The molecule has 130 valence electrons. The number of hydrogen-bond acceptors (Lipinski definition) is 2. The lowest BCUT2D eigenvalue weighted by Crippen LogP contribution is -2.06. The standard InChI is InChI=1S/C16H17F3N2O2S/c17-16(18,19)13-5-3-12(4-6-13)2-1-11-20-14-7-9-15(10-8-14)21-24(22)23/h3-10,20-21H,1-2,11H2,(H,22,23). The highest BCUT2D eigenvalue weighted by Gasteiger charge is 2.29. The molecule has 0 aliphatic carbocycles. The first kappa shape index (κ1) is 18.3. The summed E-state index contributed by atoms with van der Waals surface area (Å²) < 4.78 is 59.1. The van der Waals surface area contributed by atoms with Gasteiger partial charge in [-0.3, -0.25) is 9.27 Å². The van der Waals surface area contributed by atoms with Crippen LogP contribution in [0.1, 0.15) is 17.5 Å². The van der Waals surface area contributed by atoms with E-state index in [0.29, 0.717) is 18.7 Å². The lowest BCUT2D eigenvalue weighted by atomic mass is 10.1. The molecule has 0 saturated carbocycles. The van der Waals surface area contributed by atoms with Crippen LogP contribution in [-0.4, -0.2) is 15.3 Å². The molecule has 1 unspecified atom stereocenters. The van der Waals surface area contributed by atoms with Crippen molar-refractivity contribution in [2.75, 3.05) is 16.6 Å². The summed E-state index contributed by atoms with van der Waals surface area (Å²) in [6, 6.07) is 12.1. The molecule has 0 aliphatic heterocycles. The average Bonchev–Trinajstić information content (AvgIpc) is 2.52. The third kappa shape index (κ3) is 5.86. The molecule has 8 heteroatoms. The van der Waals surface area contributed by atoms with Crippen molar-refractivity contribution in [2.24, 2.45) is 0 Å². The van der Waals surface area contributed by atoms with Gasteiger partial charge in [-0.2, -0.15) is 13.2 Å². The number of alkyl halides is 3. The zero-order valence-electron chi connectivity index (χ0n) is 12.6. The van der Waals surface area contributed by atoms with E-state index in [1.807, 2.05) is 0 Å². The molecule has 24 heavy (non-hydrogen) atoms. The fraction of sp³-hybridized carbons (Fsp3) is 0.250. The van der Waals surface area contributed by atoms with Crippen molar-refractivity contribution >= 4 is 22.6 Å². The smallest absolute Gasteiger partial charge is 0.385 e. The molecule has 0 aliphatic rings. The Bertz CT molecular complexity index is 673. The van der Waals surface area contributed by atoms with E-state index in [4.69, 9.17) is 4.55 Å². The van der Waals surface area contributed by atoms with Gasteiger partial charge in [-0.25, -0.2) is 4.21 Å². The number of hydrogen-bond donors (Lipinski definition) is 3. The maximum Gasteiger partial charge on any atom is 0.416 e. The van der Waals surface area contributed by atoms with Gasteiger partial charge in [0, 0.05) is 17.9 Å². The number of halogens is 3. The Hall–Kier alpha value is -2.06. The van der Waals surface area contributed by atoms with Gasteiger partial charge in [0.05, 0.1) is 5.56 Å². The first-order valence-corrected chi connectivity index (χ1v) is 8.33. The molecule has 0 heterocycles. The van der Waals surface area contributed by atoms with Crippen LogP contribution in [0.3, 0.4) is 0 Å². The first-order chi connectivity index (χ1) is 11.3. The fourth-order valence-electron chi connectivity index (χ4n) is 2.14. The SMILES string of the molecule is O=S(O)Nc1ccc(NCCCc2ccc(C(F)(F)F)cc2)cc1. The van der Waals surface area contributed by atoms with E-state index < -0.39 is 23.0 Å². The molecular formula is C16H17F3N2O2S. The van der Waals surface area contributed by atoms with Crippen molar-refractivity contribution in [3.8, 4) is 0 Å². The molecule has 0 aromatic heterocycles. The Labute approximate surface area is 140 Å². The summed E-state index contributed by atoms with van der Waals surface area (Å²) in [6.07, 6.45) is -2.86. The van der Waals surface area contributed by atoms with Crippen LogP contribution in [0.2, 0.25) is 0 Å². The quantitative estimate of drug-likeness (QED) is 0.511. The molecule has 4 nitrogen and oxygen atoms in total. The van der Waals surface area contributed by atoms with E-state index in [1.54, 1.807) is 24.3 Å². The van der Waals surface area contributed by atoms with E-state index in [-0.39, 0.29) is 0 Å². The second-order valence-electron chi connectivity index (χ2n) is 5.15. The second kappa shape index (κ2) is 8.16. The Kier molecular flexibility index (Phi) is 6.22. The van der Waals surface area contributed by atoms with Crippen molar-refractivity contribution in [1.82, 2.24) is 0 Å². The van der Waals surface area contributed by atoms with Crippen LogP contribution in [-0.2, 0) is 23.9 Å². The predicted molar refractivity (Wildman–Crippen MR) is 89.1 cm³/mol. The molecule has 2 aromatic carbocycles. The molecule has 0 bridgehead atoms. The van der Waals surface area contributed by atoms with Crippen molar-refractivity contribution in [3.63, 3.8) is 0 Å². The summed E-state index contributed by atoms with van der Waals surface area (Å²) in [7, 11) is 0. The highest BCUT2D eigenvalue weighted by molar-refractivity contribution is 7.80. The predicted octanol–water partition coefficient (Wildman–Crippen LogP) is 4.30. The maximum atomic E-state index is 12.5. The normalized spacial score (nSPS) is 12.7. The van der Waals surface area contributed by atoms with Gasteiger partial charge in [0.1, 0.15) is 0 Å². The number of nitrogens with one attached hydrogen (secondary N) is 2. The van der Waals surface area contributed by atoms with Gasteiger partial charge in [-0.15, -0.1) is 0 Å². The molecule has 1 atom stereocenters. The van der Waals surface area contributed by atoms with Crippen LogP contribution >= 0.6 is 0 Å². The summed E-state index contributed by atoms with van der Waals surface area (Å²) >= 11 is -2.10. The maximum absolute atomic E-state index is 12.5. The molecule has 0 fully saturated rings. The Morgan fingerprint density at radius 2 is 1.54 bits per heavy atom. The van der Waals surface area contributed by atoms with Crippen molar-refractivity contribution in [3.05, 3.63) is 59.7 Å². The van der Waals surface area contributed by atoms with Crippen molar-refractivity contribution in [1.29, 1.82) is 0 Å². The van der Waals surface area contributed by atoms with Crippen LogP contribution in [0.25, 0.3) is 0 Å². The number of anilines is 2. The lowest BCUT2D eigenvalue weighted by molar-refractivity contribution is -0.137. The van der Waals surface area contributed by atoms with Crippen molar-refractivity contribution < 1.29 is 21.9 Å². The minimum atomic E-state index is -4.30. The topological polar surface area (TPSA) is 61.4 Å². The zero-order chi connectivity index (χ0) is 17.6. The monoisotopic (exact) mass is 358 g/mol. The molecule has 3 N–H and O–H groups in total. The van der Waals surface area contributed by atoms with Gasteiger partial charge in [-0.05, 0) is 54.8 Å². The summed E-state index contributed by atoms with van der Waals surface area (Å²) in [5.74, 6) is 0. The van der Waals surface area contributed by atoms with Crippen molar-refractivity contribution in [2.45, 2.75) is 19.0 Å². The third-order valence-electron chi connectivity index (χ3n) is 3.34. The van der Waals surface area contributed by atoms with Crippen LogP contribution in [0.5, 0.6) is 0 Å². The van der Waals surface area contributed by atoms with Gasteiger partial charge in [-0.1, -0.05) is 12.1 Å². The lowest BCUT2D eigenvalue weighted by Gasteiger charge is -2.09. The first-order valence-electron chi connectivity index (χ1n) is 7.22. The van der Waals surface area contributed by atoms with Crippen LogP contribution in [0, 0.1) is 0 Å². The molecule has 2 rings (SSSR count). The van der Waals surface area contributed by atoms with Crippen LogP contribution < -0.4 is 10.0 Å². The molecule has 0 spiro atoms. The summed E-state index contributed by atoms with van der Waals surface area (Å²) in [5.41, 5.74) is 1.61. The largest absolute Gasteiger partial charge is 0.416 e. The highest BCUT2D eigenvalue weighted by Crippen LogP contribution is 2.29. The van der Waals surface area contributed by atoms with E-state index in [1.165, 1.54) is 12.1 Å².